The third-order valence-electron chi connectivity index (χ3n) is 14.4. The predicted octanol–water partition coefficient (Wildman–Crippen LogP) is 19.6. The Morgan fingerprint density at radius 2 is 0.714 bits per heavy atom. The predicted molar refractivity (Wildman–Crippen MR) is 306 cm³/mol. The second-order valence-corrected chi connectivity index (χ2v) is 21.4. The summed E-state index contributed by atoms with van der Waals surface area (Å²) in [4.78, 5) is 24.6. The van der Waals surface area contributed by atoms with Crippen LogP contribution in [-0.2, 0) is 14.3 Å². The smallest absolute Gasteiger partial charge is 0.305 e. The number of allylic oxidation sites excluding steroid dienone is 6. The van der Waals surface area contributed by atoms with Crippen molar-refractivity contribution in [1.82, 2.24) is 5.32 Å². The number of nitrogens with one attached hydrogen (secondary N) is 1. The third-order valence-corrected chi connectivity index (χ3v) is 14.4. The van der Waals surface area contributed by atoms with Gasteiger partial charge >= 0.3 is 5.97 Å². The summed E-state index contributed by atoms with van der Waals surface area (Å²) >= 11 is 0. The molecule has 0 aliphatic carbocycles. The van der Waals surface area contributed by atoms with Gasteiger partial charge in [-0.3, -0.25) is 9.59 Å². The number of unbranched alkanes of at least 4 members (excludes halogenated alkanes) is 41. The highest BCUT2D eigenvalue weighted by molar-refractivity contribution is 5.76. The van der Waals surface area contributed by atoms with Gasteiger partial charge < -0.3 is 20.3 Å². The lowest BCUT2D eigenvalue weighted by Gasteiger charge is -2.22. The molecule has 0 saturated carbocycles. The first kappa shape index (κ1) is 68.1. The van der Waals surface area contributed by atoms with Crippen molar-refractivity contribution in [3.8, 4) is 0 Å². The van der Waals surface area contributed by atoms with E-state index in [-0.39, 0.29) is 18.5 Å². The van der Waals surface area contributed by atoms with Gasteiger partial charge in [-0.15, -0.1) is 0 Å². The number of carbonyl (C=O) groups excluding carboxylic acids is 2. The van der Waals surface area contributed by atoms with Crippen LogP contribution in [0.3, 0.4) is 0 Å². The molecule has 0 aliphatic rings. The van der Waals surface area contributed by atoms with E-state index < -0.39 is 12.1 Å². The lowest BCUT2D eigenvalue weighted by molar-refractivity contribution is -0.143. The molecule has 0 fully saturated rings. The van der Waals surface area contributed by atoms with Crippen LogP contribution in [0, 0.1) is 0 Å². The maximum absolute atomic E-state index is 12.5. The molecule has 2 atom stereocenters. The zero-order valence-corrected chi connectivity index (χ0v) is 47.0. The molecule has 3 N–H and O–H groups in total. The van der Waals surface area contributed by atoms with Crippen molar-refractivity contribution in [1.29, 1.82) is 0 Å². The molecule has 0 aromatic rings. The molecule has 2 unspecified atom stereocenters. The zero-order chi connectivity index (χ0) is 50.7. The molecule has 0 aromatic heterocycles. The SMILES string of the molecule is CCCCCC/C=C\C/C=C\CCCCCCCCCC(=O)OCCCCCCCC/C=C\CCCCCC(=O)NC(CO)C(O)CCCCCCCCCCCCCCCCCCCCCCCC. The molecule has 0 bridgehead atoms. The number of rotatable bonds is 58. The maximum atomic E-state index is 12.5. The molecule has 6 nitrogen and oxygen atoms in total. The lowest BCUT2D eigenvalue weighted by Crippen LogP contribution is -2.45. The molecule has 0 rings (SSSR count). The number of aliphatic hydroxyl groups is 2. The van der Waals surface area contributed by atoms with E-state index in [2.05, 4.69) is 55.6 Å². The van der Waals surface area contributed by atoms with Crippen LogP contribution in [-0.4, -0.2) is 47.4 Å². The largest absolute Gasteiger partial charge is 0.466 e. The van der Waals surface area contributed by atoms with Crippen molar-refractivity contribution in [2.75, 3.05) is 13.2 Å². The minimum atomic E-state index is -0.684. The molecule has 70 heavy (non-hydrogen) atoms. The summed E-state index contributed by atoms with van der Waals surface area (Å²) < 4.78 is 5.47. The van der Waals surface area contributed by atoms with Crippen LogP contribution >= 0.6 is 0 Å². The Balaban J connectivity index is 3.48. The summed E-state index contributed by atoms with van der Waals surface area (Å²) in [6, 6.07) is -0.564. The van der Waals surface area contributed by atoms with E-state index in [1.165, 1.54) is 225 Å². The Labute approximate surface area is 436 Å². The standard InChI is InChI=1S/C64H121NO5/c1-3-5-7-9-11-13-15-17-19-21-23-24-25-26-27-29-32-36-40-44-48-52-56-62(67)61(60-66)65-63(68)57-53-49-45-41-37-33-31-35-39-43-47-51-55-59-70-64(69)58-54-50-46-42-38-34-30-28-22-20-18-16-14-12-10-8-6-4-2/h14,16,20,22,33,37,61-62,66-67H,3-13,15,17-19,21,23-32,34-36,38-60H2,1-2H3,(H,65,68)/b16-14-,22-20-,37-33-. The van der Waals surface area contributed by atoms with Crippen LogP contribution in [0.2, 0.25) is 0 Å². The van der Waals surface area contributed by atoms with Gasteiger partial charge in [-0.05, 0) is 83.5 Å². The van der Waals surface area contributed by atoms with E-state index in [0.717, 1.165) is 77.0 Å². The number of hydrogen-bond donors (Lipinski definition) is 3. The minimum absolute atomic E-state index is 0.0193. The van der Waals surface area contributed by atoms with E-state index >= 15 is 0 Å². The summed E-state index contributed by atoms with van der Waals surface area (Å²) in [5, 5.41) is 23.3. The van der Waals surface area contributed by atoms with E-state index in [1.54, 1.807) is 0 Å². The van der Waals surface area contributed by atoms with Gasteiger partial charge in [0.2, 0.25) is 5.91 Å². The summed E-state index contributed by atoms with van der Waals surface area (Å²) in [6.07, 6.45) is 74.3. The number of carbonyl (C=O) groups is 2. The molecule has 0 spiro atoms. The Hall–Kier alpha value is -1.92. The van der Waals surface area contributed by atoms with Crippen LogP contribution in [0.5, 0.6) is 0 Å². The van der Waals surface area contributed by atoms with Crippen LogP contribution in [0.4, 0.5) is 0 Å². The van der Waals surface area contributed by atoms with Gasteiger partial charge in [-0.2, -0.15) is 0 Å². The average Bonchev–Trinajstić information content (AvgIpc) is 3.36. The first-order chi connectivity index (χ1) is 34.5. The normalized spacial score (nSPS) is 12.8. The molecule has 0 radical (unpaired) electrons. The van der Waals surface area contributed by atoms with Gasteiger partial charge in [0.25, 0.3) is 0 Å². The van der Waals surface area contributed by atoms with Crippen molar-refractivity contribution in [2.45, 2.75) is 347 Å². The average molecular weight is 985 g/mol. The van der Waals surface area contributed by atoms with E-state index in [4.69, 9.17) is 4.74 Å². The summed E-state index contributed by atoms with van der Waals surface area (Å²) in [7, 11) is 0. The van der Waals surface area contributed by atoms with Crippen LogP contribution < -0.4 is 5.32 Å². The van der Waals surface area contributed by atoms with Gasteiger partial charge in [0, 0.05) is 12.8 Å². The van der Waals surface area contributed by atoms with Gasteiger partial charge in [-0.25, -0.2) is 0 Å². The highest BCUT2D eigenvalue weighted by atomic mass is 16.5. The van der Waals surface area contributed by atoms with Crippen molar-refractivity contribution < 1.29 is 24.5 Å². The number of amides is 1. The second kappa shape index (κ2) is 59.6. The monoisotopic (exact) mass is 984 g/mol. The molecule has 0 aromatic carbocycles. The second-order valence-electron chi connectivity index (χ2n) is 21.4. The van der Waals surface area contributed by atoms with Crippen LogP contribution in [0.15, 0.2) is 36.5 Å². The Bertz CT molecular complexity index is 1130. The Morgan fingerprint density at radius 1 is 0.400 bits per heavy atom. The molecule has 6 heteroatoms. The number of ether oxygens (including phenoxy) is 1. The van der Waals surface area contributed by atoms with Gasteiger partial charge in [-0.1, -0.05) is 275 Å². The first-order valence-electron chi connectivity index (χ1n) is 31.2. The van der Waals surface area contributed by atoms with Crippen molar-refractivity contribution in [2.24, 2.45) is 0 Å². The number of hydrogen-bond acceptors (Lipinski definition) is 5. The molecular formula is C64H121NO5. The Morgan fingerprint density at radius 3 is 1.13 bits per heavy atom. The number of aliphatic hydroxyl groups excluding tert-OH is 2. The van der Waals surface area contributed by atoms with Crippen molar-refractivity contribution in [3.63, 3.8) is 0 Å². The molecular weight excluding hydrogens is 863 g/mol. The quantitative estimate of drug-likeness (QED) is 0.0321. The highest BCUT2D eigenvalue weighted by Crippen LogP contribution is 2.17. The summed E-state index contributed by atoms with van der Waals surface area (Å²) in [5.74, 6) is -0.0819. The fourth-order valence-corrected chi connectivity index (χ4v) is 9.61. The summed E-state index contributed by atoms with van der Waals surface area (Å²) in [6.45, 7) is 4.91. The minimum Gasteiger partial charge on any atom is -0.466 e. The topological polar surface area (TPSA) is 95.9 Å². The molecule has 0 saturated heterocycles. The molecule has 0 heterocycles. The third kappa shape index (κ3) is 55.4. The van der Waals surface area contributed by atoms with Crippen molar-refractivity contribution in [3.05, 3.63) is 36.5 Å². The van der Waals surface area contributed by atoms with E-state index in [1.807, 2.05) is 0 Å². The van der Waals surface area contributed by atoms with Crippen LogP contribution in [0.25, 0.3) is 0 Å². The maximum Gasteiger partial charge on any atom is 0.305 e. The molecule has 0 aliphatic heterocycles. The van der Waals surface area contributed by atoms with Crippen molar-refractivity contribution >= 4 is 11.9 Å². The summed E-state index contributed by atoms with van der Waals surface area (Å²) in [5.41, 5.74) is 0. The molecule has 412 valence electrons. The fourth-order valence-electron chi connectivity index (χ4n) is 9.61. The molecule has 1 amide bonds. The number of esters is 1. The van der Waals surface area contributed by atoms with Crippen LogP contribution in [0.1, 0.15) is 335 Å². The van der Waals surface area contributed by atoms with E-state index in [0.29, 0.717) is 25.9 Å². The van der Waals surface area contributed by atoms with E-state index in [9.17, 15) is 19.8 Å². The van der Waals surface area contributed by atoms with Gasteiger partial charge in [0.05, 0.1) is 25.4 Å². The van der Waals surface area contributed by atoms with Gasteiger partial charge in [0.1, 0.15) is 0 Å². The van der Waals surface area contributed by atoms with Gasteiger partial charge in [0.15, 0.2) is 0 Å². The lowest BCUT2D eigenvalue weighted by atomic mass is 10.0. The fraction of sp³-hybridized carbons (Fsp3) is 0.875. The Kier molecular flexibility index (Phi) is 58.0. The highest BCUT2D eigenvalue weighted by Gasteiger charge is 2.20. The zero-order valence-electron chi connectivity index (χ0n) is 47.0. The first-order valence-corrected chi connectivity index (χ1v) is 31.2.